The molecule has 94 valence electrons. The molecule has 0 bridgehead atoms. The van der Waals surface area contributed by atoms with Crippen LogP contribution in [0.15, 0.2) is 36.8 Å². The zero-order chi connectivity index (χ0) is 13.0. The van der Waals surface area contributed by atoms with E-state index < -0.39 is 6.10 Å². The highest BCUT2D eigenvalue weighted by Gasteiger charge is 2.21. The molecule has 0 fully saturated rings. The van der Waals surface area contributed by atoms with E-state index in [1.54, 1.807) is 44.7 Å². The van der Waals surface area contributed by atoms with E-state index in [-0.39, 0.29) is 0 Å². The van der Waals surface area contributed by atoms with Crippen LogP contribution in [-0.2, 0) is 0 Å². The van der Waals surface area contributed by atoms with Crippen LogP contribution in [0.2, 0.25) is 0 Å². The zero-order valence-corrected chi connectivity index (χ0v) is 10.2. The molecule has 1 N–H and O–H groups in total. The highest BCUT2D eigenvalue weighted by Crippen LogP contribution is 2.36. The fourth-order valence-electron chi connectivity index (χ4n) is 1.76. The van der Waals surface area contributed by atoms with Gasteiger partial charge in [-0.25, -0.2) is 9.97 Å². The molecular formula is C13H14N2O3. The number of aliphatic hydroxyl groups excluding tert-OH is 1. The number of benzene rings is 1. The Hall–Kier alpha value is -2.14. The molecule has 2 rings (SSSR count). The summed E-state index contributed by atoms with van der Waals surface area (Å²) in [6.07, 6.45) is 2.05. The van der Waals surface area contributed by atoms with Gasteiger partial charge in [-0.1, -0.05) is 6.07 Å². The average molecular weight is 246 g/mol. The number of aromatic nitrogens is 2. The van der Waals surface area contributed by atoms with Crippen molar-refractivity contribution < 1.29 is 14.6 Å². The Labute approximate surface area is 105 Å². The van der Waals surface area contributed by atoms with Gasteiger partial charge < -0.3 is 14.6 Å². The first-order valence-electron chi connectivity index (χ1n) is 5.42. The molecular weight excluding hydrogens is 232 g/mol. The lowest BCUT2D eigenvalue weighted by Gasteiger charge is -2.17. The lowest BCUT2D eigenvalue weighted by molar-refractivity contribution is 0.204. The minimum absolute atomic E-state index is 0.493. The molecule has 0 aliphatic heterocycles. The molecule has 0 saturated heterocycles. The van der Waals surface area contributed by atoms with Gasteiger partial charge in [0.25, 0.3) is 0 Å². The van der Waals surface area contributed by atoms with Gasteiger partial charge in [-0.3, -0.25) is 0 Å². The monoisotopic (exact) mass is 246 g/mol. The van der Waals surface area contributed by atoms with Crippen molar-refractivity contribution >= 4 is 0 Å². The van der Waals surface area contributed by atoms with Crippen molar-refractivity contribution in [1.82, 2.24) is 9.97 Å². The first-order valence-corrected chi connectivity index (χ1v) is 5.42. The van der Waals surface area contributed by atoms with E-state index >= 15 is 0 Å². The van der Waals surface area contributed by atoms with Crippen molar-refractivity contribution in [3.05, 3.63) is 48.0 Å². The van der Waals surface area contributed by atoms with Crippen LogP contribution >= 0.6 is 0 Å². The molecule has 1 aromatic heterocycles. The fourth-order valence-corrected chi connectivity index (χ4v) is 1.76. The first-order chi connectivity index (χ1) is 8.77. The van der Waals surface area contributed by atoms with Gasteiger partial charge in [0, 0.05) is 6.20 Å². The third-order valence-electron chi connectivity index (χ3n) is 2.62. The van der Waals surface area contributed by atoms with Crippen LogP contribution in [0.3, 0.4) is 0 Å². The van der Waals surface area contributed by atoms with Crippen molar-refractivity contribution in [3.8, 4) is 11.5 Å². The maximum absolute atomic E-state index is 10.4. The third kappa shape index (κ3) is 2.26. The molecule has 18 heavy (non-hydrogen) atoms. The number of ether oxygens (including phenoxy) is 2. The van der Waals surface area contributed by atoms with Gasteiger partial charge in [-0.05, 0) is 18.2 Å². The van der Waals surface area contributed by atoms with E-state index in [9.17, 15) is 5.11 Å². The second-order valence-electron chi connectivity index (χ2n) is 3.61. The second-order valence-corrected chi connectivity index (χ2v) is 3.61. The summed E-state index contributed by atoms with van der Waals surface area (Å²) in [6, 6.07) is 6.98. The third-order valence-corrected chi connectivity index (χ3v) is 2.62. The summed E-state index contributed by atoms with van der Waals surface area (Å²) in [5.74, 6) is 1.11. The predicted molar refractivity (Wildman–Crippen MR) is 65.6 cm³/mol. The summed E-state index contributed by atoms with van der Waals surface area (Å²) < 4.78 is 10.5. The van der Waals surface area contributed by atoms with Crippen LogP contribution in [0.1, 0.15) is 17.4 Å². The van der Waals surface area contributed by atoms with Crippen molar-refractivity contribution in [2.75, 3.05) is 14.2 Å². The van der Waals surface area contributed by atoms with Gasteiger partial charge in [-0.2, -0.15) is 0 Å². The Morgan fingerprint density at radius 1 is 1.11 bits per heavy atom. The van der Waals surface area contributed by atoms with Crippen LogP contribution < -0.4 is 9.47 Å². The number of methoxy groups -OCH3 is 2. The molecule has 0 spiro atoms. The Balaban J connectivity index is 2.49. The quantitative estimate of drug-likeness (QED) is 0.887. The smallest absolute Gasteiger partial charge is 0.128 e. The van der Waals surface area contributed by atoms with E-state index in [4.69, 9.17) is 9.47 Å². The van der Waals surface area contributed by atoms with Crippen molar-refractivity contribution in [2.45, 2.75) is 6.10 Å². The van der Waals surface area contributed by atoms with E-state index in [0.717, 1.165) is 0 Å². The van der Waals surface area contributed by atoms with Crippen LogP contribution in [0.5, 0.6) is 11.5 Å². The molecule has 0 aliphatic carbocycles. The molecule has 1 heterocycles. The van der Waals surface area contributed by atoms with Gasteiger partial charge in [0.2, 0.25) is 0 Å². The average Bonchev–Trinajstić information content (AvgIpc) is 2.46. The van der Waals surface area contributed by atoms with E-state index in [1.165, 1.54) is 6.33 Å². The summed E-state index contributed by atoms with van der Waals surface area (Å²) >= 11 is 0. The summed E-state index contributed by atoms with van der Waals surface area (Å²) in [4.78, 5) is 7.86. The molecule has 1 unspecified atom stereocenters. The number of aliphatic hydroxyl groups is 1. The molecule has 2 aromatic rings. The Bertz CT molecular complexity index is 495. The molecule has 0 radical (unpaired) electrons. The number of hydrogen-bond donors (Lipinski definition) is 1. The summed E-state index contributed by atoms with van der Waals surface area (Å²) in [5.41, 5.74) is 1.05. The van der Waals surface area contributed by atoms with E-state index in [2.05, 4.69) is 9.97 Å². The van der Waals surface area contributed by atoms with Gasteiger partial charge >= 0.3 is 0 Å². The maximum atomic E-state index is 10.4. The van der Waals surface area contributed by atoms with Gasteiger partial charge in [0.05, 0.1) is 25.5 Å². The molecule has 1 aromatic carbocycles. The number of rotatable bonds is 4. The van der Waals surface area contributed by atoms with Crippen LogP contribution in [0.25, 0.3) is 0 Å². The fraction of sp³-hybridized carbons (Fsp3) is 0.231. The number of nitrogens with zero attached hydrogens (tertiary/aromatic N) is 2. The van der Waals surface area contributed by atoms with E-state index in [1.807, 2.05) is 0 Å². The van der Waals surface area contributed by atoms with Gasteiger partial charge in [0.15, 0.2) is 0 Å². The topological polar surface area (TPSA) is 64.5 Å². The molecule has 5 nitrogen and oxygen atoms in total. The molecule has 0 saturated carbocycles. The molecule has 5 heteroatoms. The Morgan fingerprint density at radius 3 is 2.28 bits per heavy atom. The summed E-state index contributed by atoms with van der Waals surface area (Å²) in [5, 5.41) is 10.4. The Kier molecular flexibility index (Phi) is 3.74. The standard InChI is InChI=1S/C13H14N2O3/c1-17-10-4-3-5-11(18-2)12(10)13(16)9-6-7-14-8-15-9/h3-8,13,16H,1-2H3. The van der Waals surface area contributed by atoms with Gasteiger partial charge in [0.1, 0.15) is 23.9 Å². The minimum Gasteiger partial charge on any atom is -0.496 e. The summed E-state index contributed by atoms with van der Waals surface area (Å²) in [7, 11) is 3.09. The zero-order valence-electron chi connectivity index (χ0n) is 10.2. The largest absolute Gasteiger partial charge is 0.496 e. The second kappa shape index (κ2) is 5.46. The van der Waals surface area contributed by atoms with Crippen molar-refractivity contribution in [3.63, 3.8) is 0 Å². The van der Waals surface area contributed by atoms with Crippen molar-refractivity contribution in [2.24, 2.45) is 0 Å². The highest BCUT2D eigenvalue weighted by molar-refractivity contribution is 5.48. The minimum atomic E-state index is -0.918. The number of hydrogen-bond acceptors (Lipinski definition) is 5. The van der Waals surface area contributed by atoms with Crippen molar-refractivity contribution in [1.29, 1.82) is 0 Å². The first kappa shape index (κ1) is 12.3. The normalized spacial score (nSPS) is 11.9. The van der Waals surface area contributed by atoms with Crippen LogP contribution in [0.4, 0.5) is 0 Å². The SMILES string of the molecule is COc1cccc(OC)c1C(O)c1ccncn1. The van der Waals surface area contributed by atoms with Crippen LogP contribution in [0, 0.1) is 0 Å². The maximum Gasteiger partial charge on any atom is 0.128 e. The van der Waals surface area contributed by atoms with Crippen LogP contribution in [-0.4, -0.2) is 29.3 Å². The Morgan fingerprint density at radius 2 is 1.78 bits per heavy atom. The predicted octanol–water partition coefficient (Wildman–Crippen LogP) is 1.58. The van der Waals surface area contributed by atoms with Gasteiger partial charge in [-0.15, -0.1) is 0 Å². The lowest BCUT2D eigenvalue weighted by atomic mass is 10.0. The van der Waals surface area contributed by atoms with E-state index in [0.29, 0.717) is 22.8 Å². The molecule has 0 amide bonds. The highest BCUT2D eigenvalue weighted by atomic mass is 16.5. The summed E-state index contributed by atoms with van der Waals surface area (Å²) in [6.45, 7) is 0. The molecule has 1 atom stereocenters. The molecule has 0 aliphatic rings. The lowest BCUT2D eigenvalue weighted by Crippen LogP contribution is -2.06.